The largest absolute Gasteiger partial charge is 0.466 e. The summed E-state index contributed by atoms with van der Waals surface area (Å²) in [5, 5.41) is 3.18. The highest BCUT2D eigenvalue weighted by atomic mass is 16.5. The smallest absolute Gasteiger partial charge is 0.306 e. The SMILES string of the molecule is CCCCCCC(CCCCCC)CC(=O)OCCCCCCCNC. The van der Waals surface area contributed by atoms with E-state index in [0.717, 1.165) is 13.0 Å². The molecule has 156 valence electrons. The Morgan fingerprint density at radius 3 is 1.88 bits per heavy atom. The second-order valence-corrected chi connectivity index (χ2v) is 7.86. The Morgan fingerprint density at radius 2 is 1.31 bits per heavy atom. The second kappa shape index (κ2) is 20.7. The zero-order valence-corrected chi connectivity index (χ0v) is 18.1. The number of ether oxygens (including phenoxy) is 1. The van der Waals surface area contributed by atoms with Crippen molar-refractivity contribution in [1.29, 1.82) is 0 Å². The quantitative estimate of drug-likeness (QED) is 0.193. The van der Waals surface area contributed by atoms with Crippen molar-refractivity contribution in [3.8, 4) is 0 Å². The molecule has 1 N–H and O–H groups in total. The fourth-order valence-corrected chi connectivity index (χ4v) is 3.48. The monoisotopic (exact) mass is 369 g/mol. The number of nitrogens with one attached hydrogen (secondary N) is 1. The number of carbonyl (C=O) groups excluding carboxylic acids is 1. The lowest BCUT2D eigenvalue weighted by molar-refractivity contribution is -0.145. The third kappa shape index (κ3) is 18.2. The maximum absolute atomic E-state index is 12.2. The van der Waals surface area contributed by atoms with Crippen LogP contribution in [0.3, 0.4) is 0 Å². The predicted octanol–water partition coefficient (Wildman–Crippen LogP) is 6.65. The van der Waals surface area contributed by atoms with Crippen LogP contribution in [-0.4, -0.2) is 26.2 Å². The van der Waals surface area contributed by atoms with Crippen molar-refractivity contribution in [2.45, 2.75) is 117 Å². The Hall–Kier alpha value is -0.570. The van der Waals surface area contributed by atoms with Crippen LogP contribution in [0, 0.1) is 5.92 Å². The molecule has 3 heteroatoms. The molecule has 0 rings (SSSR count). The molecular weight excluding hydrogens is 322 g/mol. The maximum Gasteiger partial charge on any atom is 0.306 e. The molecule has 26 heavy (non-hydrogen) atoms. The molecular formula is C23H47NO2. The second-order valence-electron chi connectivity index (χ2n) is 7.86. The van der Waals surface area contributed by atoms with E-state index in [1.54, 1.807) is 0 Å². The first-order valence-electron chi connectivity index (χ1n) is 11.5. The van der Waals surface area contributed by atoms with Crippen LogP contribution in [0.15, 0.2) is 0 Å². The van der Waals surface area contributed by atoms with Gasteiger partial charge in [-0.3, -0.25) is 4.79 Å². The average Bonchev–Trinajstić information content (AvgIpc) is 2.64. The summed E-state index contributed by atoms with van der Waals surface area (Å²) in [4.78, 5) is 12.2. The molecule has 0 aliphatic rings. The van der Waals surface area contributed by atoms with Gasteiger partial charge in [-0.15, -0.1) is 0 Å². The first-order valence-corrected chi connectivity index (χ1v) is 11.5. The van der Waals surface area contributed by atoms with Crippen molar-refractivity contribution >= 4 is 5.97 Å². The lowest BCUT2D eigenvalue weighted by Crippen LogP contribution is -2.13. The Labute approximate surface area is 164 Å². The maximum atomic E-state index is 12.2. The van der Waals surface area contributed by atoms with E-state index in [-0.39, 0.29) is 5.97 Å². The highest BCUT2D eigenvalue weighted by Gasteiger charge is 2.14. The molecule has 0 amide bonds. The van der Waals surface area contributed by atoms with Gasteiger partial charge in [-0.1, -0.05) is 84.5 Å². The summed E-state index contributed by atoms with van der Waals surface area (Å²) >= 11 is 0. The first kappa shape index (κ1) is 25.4. The van der Waals surface area contributed by atoms with E-state index in [0.29, 0.717) is 18.9 Å². The number of carbonyl (C=O) groups is 1. The molecule has 3 nitrogen and oxygen atoms in total. The lowest BCUT2D eigenvalue weighted by Gasteiger charge is -2.16. The van der Waals surface area contributed by atoms with Crippen molar-refractivity contribution < 1.29 is 9.53 Å². The zero-order chi connectivity index (χ0) is 19.3. The highest BCUT2D eigenvalue weighted by molar-refractivity contribution is 5.69. The van der Waals surface area contributed by atoms with E-state index >= 15 is 0 Å². The minimum atomic E-state index is 0.0381. The minimum absolute atomic E-state index is 0.0381. The van der Waals surface area contributed by atoms with Crippen molar-refractivity contribution in [3.63, 3.8) is 0 Å². The van der Waals surface area contributed by atoms with E-state index in [9.17, 15) is 4.79 Å². The van der Waals surface area contributed by atoms with Crippen molar-refractivity contribution in [2.24, 2.45) is 5.92 Å². The van der Waals surface area contributed by atoms with Gasteiger partial charge in [0.25, 0.3) is 0 Å². The lowest BCUT2D eigenvalue weighted by atomic mass is 9.92. The third-order valence-electron chi connectivity index (χ3n) is 5.22. The molecule has 0 aliphatic heterocycles. The summed E-state index contributed by atoms with van der Waals surface area (Å²) in [5.41, 5.74) is 0. The fraction of sp³-hybridized carbons (Fsp3) is 0.957. The van der Waals surface area contributed by atoms with Crippen LogP contribution in [0.2, 0.25) is 0 Å². The summed E-state index contributed by atoms with van der Waals surface area (Å²) < 4.78 is 5.50. The number of rotatable bonds is 20. The number of hydrogen-bond acceptors (Lipinski definition) is 3. The van der Waals surface area contributed by atoms with Gasteiger partial charge < -0.3 is 10.1 Å². The topological polar surface area (TPSA) is 38.3 Å². The molecule has 0 unspecified atom stereocenters. The van der Waals surface area contributed by atoms with Gasteiger partial charge in [-0.05, 0) is 45.2 Å². The van der Waals surface area contributed by atoms with Gasteiger partial charge in [-0.2, -0.15) is 0 Å². The normalized spacial score (nSPS) is 11.2. The molecule has 0 saturated carbocycles. The molecule has 0 heterocycles. The Kier molecular flexibility index (Phi) is 20.3. The van der Waals surface area contributed by atoms with E-state index in [4.69, 9.17) is 4.74 Å². The molecule has 0 fully saturated rings. The summed E-state index contributed by atoms with van der Waals surface area (Å²) in [7, 11) is 2.00. The molecule has 0 aliphatic carbocycles. The van der Waals surface area contributed by atoms with E-state index in [2.05, 4.69) is 19.2 Å². The summed E-state index contributed by atoms with van der Waals surface area (Å²) in [6.45, 7) is 6.22. The Morgan fingerprint density at radius 1 is 0.769 bits per heavy atom. The third-order valence-corrected chi connectivity index (χ3v) is 5.22. The standard InChI is InChI=1S/C23H47NO2/c1-4-6-8-13-17-22(18-14-9-7-5-2)21-23(25)26-20-16-12-10-11-15-19-24-3/h22,24H,4-21H2,1-3H3. The Balaban J connectivity index is 3.84. The van der Waals surface area contributed by atoms with Crippen LogP contribution in [-0.2, 0) is 9.53 Å². The number of unbranched alkanes of at least 4 members (excludes halogenated alkanes) is 10. The van der Waals surface area contributed by atoms with Gasteiger partial charge in [-0.25, -0.2) is 0 Å². The van der Waals surface area contributed by atoms with Crippen molar-refractivity contribution in [3.05, 3.63) is 0 Å². The van der Waals surface area contributed by atoms with Crippen molar-refractivity contribution in [1.82, 2.24) is 5.32 Å². The minimum Gasteiger partial charge on any atom is -0.466 e. The molecule has 0 saturated heterocycles. The van der Waals surface area contributed by atoms with E-state index in [1.807, 2.05) is 7.05 Å². The molecule has 0 aromatic rings. The van der Waals surface area contributed by atoms with Crippen LogP contribution in [0.1, 0.15) is 117 Å². The average molecular weight is 370 g/mol. The van der Waals surface area contributed by atoms with Gasteiger partial charge in [0, 0.05) is 6.42 Å². The first-order chi connectivity index (χ1) is 12.7. The molecule has 0 aromatic carbocycles. The molecule has 0 atom stereocenters. The molecule has 0 spiro atoms. The van der Waals surface area contributed by atoms with Gasteiger partial charge in [0.2, 0.25) is 0 Å². The molecule has 0 bridgehead atoms. The van der Waals surface area contributed by atoms with Gasteiger partial charge >= 0.3 is 5.97 Å². The summed E-state index contributed by atoms with van der Waals surface area (Å²) in [5.74, 6) is 0.578. The van der Waals surface area contributed by atoms with E-state index < -0.39 is 0 Å². The molecule has 0 aromatic heterocycles. The zero-order valence-electron chi connectivity index (χ0n) is 18.1. The van der Waals surface area contributed by atoms with Gasteiger partial charge in [0.05, 0.1) is 6.61 Å². The molecule has 0 radical (unpaired) electrons. The van der Waals surface area contributed by atoms with Crippen LogP contribution in [0.5, 0.6) is 0 Å². The fourth-order valence-electron chi connectivity index (χ4n) is 3.48. The summed E-state index contributed by atoms with van der Waals surface area (Å²) in [6, 6.07) is 0. The number of esters is 1. The Bertz CT molecular complexity index is 282. The van der Waals surface area contributed by atoms with Crippen molar-refractivity contribution in [2.75, 3.05) is 20.2 Å². The summed E-state index contributed by atoms with van der Waals surface area (Å²) in [6.07, 6.45) is 19.3. The van der Waals surface area contributed by atoms with Crippen LogP contribution in [0.25, 0.3) is 0 Å². The van der Waals surface area contributed by atoms with Gasteiger partial charge in [0.1, 0.15) is 0 Å². The predicted molar refractivity (Wildman–Crippen MR) is 114 cm³/mol. The highest BCUT2D eigenvalue weighted by Crippen LogP contribution is 2.22. The van der Waals surface area contributed by atoms with E-state index in [1.165, 1.54) is 89.9 Å². The van der Waals surface area contributed by atoms with Crippen LogP contribution in [0.4, 0.5) is 0 Å². The van der Waals surface area contributed by atoms with Crippen LogP contribution < -0.4 is 5.32 Å². The number of hydrogen-bond donors (Lipinski definition) is 1. The van der Waals surface area contributed by atoms with Crippen LogP contribution >= 0.6 is 0 Å². The van der Waals surface area contributed by atoms with Gasteiger partial charge in [0.15, 0.2) is 0 Å².